The maximum absolute atomic E-state index is 12.1. The SMILES string of the molecule is Cc1ccc(NCCCNC(=O)c2ccc(C)nc2C)nc1. The molecule has 0 bridgehead atoms. The molecule has 0 saturated heterocycles. The van der Waals surface area contributed by atoms with Gasteiger partial charge in [-0.1, -0.05) is 6.07 Å². The van der Waals surface area contributed by atoms with Crippen LogP contribution >= 0.6 is 0 Å². The molecule has 2 aromatic rings. The number of nitrogens with one attached hydrogen (secondary N) is 2. The smallest absolute Gasteiger partial charge is 0.253 e. The van der Waals surface area contributed by atoms with E-state index in [9.17, 15) is 4.79 Å². The number of amides is 1. The van der Waals surface area contributed by atoms with Crippen molar-refractivity contribution in [1.29, 1.82) is 0 Å². The minimum atomic E-state index is -0.0709. The van der Waals surface area contributed by atoms with Gasteiger partial charge in [-0.05, 0) is 51.0 Å². The van der Waals surface area contributed by atoms with Crippen LogP contribution in [0.5, 0.6) is 0 Å². The molecule has 2 N–H and O–H groups in total. The maximum Gasteiger partial charge on any atom is 0.253 e. The van der Waals surface area contributed by atoms with Gasteiger partial charge in [-0.25, -0.2) is 4.98 Å². The average molecular weight is 298 g/mol. The molecular weight excluding hydrogens is 276 g/mol. The maximum atomic E-state index is 12.1. The molecule has 0 aliphatic heterocycles. The Labute approximate surface area is 131 Å². The fourth-order valence-corrected chi connectivity index (χ4v) is 2.10. The number of rotatable bonds is 6. The topological polar surface area (TPSA) is 66.9 Å². The third-order valence-electron chi connectivity index (χ3n) is 3.33. The predicted octanol–water partition coefficient (Wildman–Crippen LogP) is 2.63. The molecule has 0 aliphatic rings. The number of nitrogens with zero attached hydrogens (tertiary/aromatic N) is 2. The van der Waals surface area contributed by atoms with Crippen molar-refractivity contribution in [2.24, 2.45) is 0 Å². The van der Waals surface area contributed by atoms with Crippen LogP contribution in [-0.2, 0) is 0 Å². The number of carbonyl (C=O) groups excluding carboxylic acids is 1. The summed E-state index contributed by atoms with van der Waals surface area (Å²) < 4.78 is 0. The van der Waals surface area contributed by atoms with E-state index in [0.717, 1.165) is 35.7 Å². The van der Waals surface area contributed by atoms with Crippen molar-refractivity contribution >= 4 is 11.7 Å². The minimum Gasteiger partial charge on any atom is -0.370 e. The van der Waals surface area contributed by atoms with Gasteiger partial charge in [0.05, 0.1) is 11.3 Å². The summed E-state index contributed by atoms with van der Waals surface area (Å²) in [6, 6.07) is 7.65. The van der Waals surface area contributed by atoms with Gasteiger partial charge < -0.3 is 10.6 Å². The van der Waals surface area contributed by atoms with Gasteiger partial charge in [-0.15, -0.1) is 0 Å². The van der Waals surface area contributed by atoms with Crippen LogP contribution in [0.15, 0.2) is 30.5 Å². The molecule has 5 heteroatoms. The lowest BCUT2D eigenvalue weighted by Gasteiger charge is -2.09. The summed E-state index contributed by atoms with van der Waals surface area (Å²) >= 11 is 0. The zero-order valence-corrected chi connectivity index (χ0v) is 13.3. The van der Waals surface area contributed by atoms with Gasteiger partial charge in [-0.3, -0.25) is 9.78 Å². The molecule has 22 heavy (non-hydrogen) atoms. The van der Waals surface area contributed by atoms with Gasteiger partial charge in [-0.2, -0.15) is 0 Å². The number of hydrogen-bond acceptors (Lipinski definition) is 4. The van der Waals surface area contributed by atoms with Crippen LogP contribution in [0.25, 0.3) is 0 Å². The van der Waals surface area contributed by atoms with E-state index in [-0.39, 0.29) is 5.91 Å². The molecule has 2 aromatic heterocycles. The van der Waals surface area contributed by atoms with Gasteiger partial charge in [0.15, 0.2) is 0 Å². The molecule has 0 fully saturated rings. The van der Waals surface area contributed by atoms with E-state index in [1.165, 1.54) is 0 Å². The molecule has 2 heterocycles. The van der Waals surface area contributed by atoms with E-state index >= 15 is 0 Å². The number of carbonyl (C=O) groups is 1. The second kappa shape index (κ2) is 7.54. The lowest BCUT2D eigenvalue weighted by atomic mass is 10.1. The Bertz CT molecular complexity index is 638. The van der Waals surface area contributed by atoms with Crippen molar-refractivity contribution in [3.05, 3.63) is 53.0 Å². The van der Waals surface area contributed by atoms with Gasteiger partial charge in [0.2, 0.25) is 0 Å². The fraction of sp³-hybridized carbons (Fsp3) is 0.353. The van der Waals surface area contributed by atoms with Gasteiger partial charge >= 0.3 is 0 Å². The standard InChI is InChI=1S/C17H22N4O/c1-12-5-8-16(20-11-12)18-9-4-10-19-17(22)15-7-6-13(2)21-14(15)3/h5-8,11H,4,9-10H2,1-3H3,(H,18,20)(H,19,22). The molecule has 0 atom stereocenters. The highest BCUT2D eigenvalue weighted by Gasteiger charge is 2.08. The van der Waals surface area contributed by atoms with Crippen molar-refractivity contribution in [3.8, 4) is 0 Å². The second-order valence-electron chi connectivity index (χ2n) is 5.34. The lowest BCUT2D eigenvalue weighted by Crippen LogP contribution is -2.26. The highest BCUT2D eigenvalue weighted by atomic mass is 16.1. The molecule has 116 valence electrons. The predicted molar refractivity (Wildman–Crippen MR) is 88.1 cm³/mol. The summed E-state index contributed by atoms with van der Waals surface area (Å²) in [7, 11) is 0. The normalized spacial score (nSPS) is 10.3. The number of anilines is 1. The first-order chi connectivity index (χ1) is 10.6. The first kappa shape index (κ1) is 15.9. The second-order valence-corrected chi connectivity index (χ2v) is 5.34. The van der Waals surface area contributed by atoms with Crippen LogP contribution in [0.1, 0.15) is 33.7 Å². The van der Waals surface area contributed by atoms with E-state index in [0.29, 0.717) is 12.1 Å². The van der Waals surface area contributed by atoms with E-state index in [1.807, 2.05) is 51.2 Å². The van der Waals surface area contributed by atoms with E-state index < -0.39 is 0 Å². The summed E-state index contributed by atoms with van der Waals surface area (Å²) in [5.41, 5.74) is 3.46. The lowest BCUT2D eigenvalue weighted by molar-refractivity contribution is 0.0952. The third-order valence-corrected chi connectivity index (χ3v) is 3.33. The number of aryl methyl sites for hydroxylation is 3. The summed E-state index contributed by atoms with van der Waals surface area (Å²) in [6.07, 6.45) is 2.66. The number of pyridine rings is 2. The van der Waals surface area contributed by atoms with Crippen LogP contribution in [0.3, 0.4) is 0 Å². The van der Waals surface area contributed by atoms with Crippen molar-refractivity contribution in [3.63, 3.8) is 0 Å². The Morgan fingerprint density at radius 3 is 2.59 bits per heavy atom. The first-order valence-corrected chi connectivity index (χ1v) is 7.45. The molecule has 0 aliphatic carbocycles. The largest absolute Gasteiger partial charge is 0.370 e. The van der Waals surface area contributed by atoms with Gasteiger partial charge in [0.25, 0.3) is 5.91 Å². The molecule has 0 saturated carbocycles. The van der Waals surface area contributed by atoms with Crippen LogP contribution in [0.2, 0.25) is 0 Å². The van der Waals surface area contributed by atoms with Crippen LogP contribution < -0.4 is 10.6 Å². The molecular formula is C17H22N4O. The van der Waals surface area contributed by atoms with Crippen molar-refractivity contribution < 1.29 is 4.79 Å². The van der Waals surface area contributed by atoms with E-state index in [1.54, 1.807) is 0 Å². The zero-order valence-electron chi connectivity index (χ0n) is 13.3. The fourth-order valence-electron chi connectivity index (χ4n) is 2.10. The monoisotopic (exact) mass is 298 g/mol. The Morgan fingerprint density at radius 1 is 1.09 bits per heavy atom. The van der Waals surface area contributed by atoms with Gasteiger partial charge in [0.1, 0.15) is 5.82 Å². The zero-order chi connectivity index (χ0) is 15.9. The van der Waals surface area contributed by atoms with Crippen molar-refractivity contribution in [2.75, 3.05) is 18.4 Å². The third kappa shape index (κ3) is 4.55. The molecule has 1 amide bonds. The van der Waals surface area contributed by atoms with E-state index in [4.69, 9.17) is 0 Å². The highest BCUT2D eigenvalue weighted by Crippen LogP contribution is 2.06. The van der Waals surface area contributed by atoms with Crippen molar-refractivity contribution in [2.45, 2.75) is 27.2 Å². The van der Waals surface area contributed by atoms with Crippen molar-refractivity contribution in [1.82, 2.24) is 15.3 Å². The molecule has 0 spiro atoms. The number of aromatic nitrogens is 2. The highest BCUT2D eigenvalue weighted by molar-refractivity contribution is 5.95. The summed E-state index contributed by atoms with van der Waals surface area (Å²) in [5.74, 6) is 0.786. The first-order valence-electron chi connectivity index (χ1n) is 7.45. The molecule has 0 unspecified atom stereocenters. The molecule has 0 radical (unpaired) electrons. The van der Waals surface area contributed by atoms with Crippen LogP contribution in [-0.4, -0.2) is 29.0 Å². The quantitative estimate of drug-likeness (QED) is 0.805. The van der Waals surface area contributed by atoms with Gasteiger partial charge in [0, 0.05) is 25.0 Å². The Balaban J connectivity index is 1.72. The summed E-state index contributed by atoms with van der Waals surface area (Å²) in [5, 5.41) is 6.14. The molecule has 5 nitrogen and oxygen atoms in total. The summed E-state index contributed by atoms with van der Waals surface area (Å²) in [6.45, 7) is 7.16. The minimum absolute atomic E-state index is 0.0709. The molecule has 0 aromatic carbocycles. The summed E-state index contributed by atoms with van der Waals surface area (Å²) in [4.78, 5) is 20.6. The molecule has 2 rings (SSSR count). The Kier molecular flexibility index (Phi) is 5.47. The van der Waals surface area contributed by atoms with Crippen LogP contribution in [0.4, 0.5) is 5.82 Å². The number of hydrogen-bond donors (Lipinski definition) is 2. The Hall–Kier alpha value is -2.43. The van der Waals surface area contributed by atoms with E-state index in [2.05, 4.69) is 20.6 Å². The average Bonchev–Trinajstić information content (AvgIpc) is 2.48. The Morgan fingerprint density at radius 2 is 1.91 bits per heavy atom. The van der Waals surface area contributed by atoms with Crippen LogP contribution in [0, 0.1) is 20.8 Å².